The van der Waals surface area contributed by atoms with Gasteiger partial charge in [-0.05, 0) is 67.6 Å². The summed E-state index contributed by atoms with van der Waals surface area (Å²) in [4.78, 5) is 28.2. The number of hydrogen-bond acceptors (Lipinski definition) is 10. The van der Waals surface area contributed by atoms with Gasteiger partial charge in [0.05, 0.1) is 19.3 Å². The van der Waals surface area contributed by atoms with Gasteiger partial charge in [0.1, 0.15) is 4.75 Å². The maximum atomic E-state index is 13.1. The van der Waals surface area contributed by atoms with Crippen molar-refractivity contribution in [2.24, 2.45) is 0 Å². The Balaban J connectivity index is 1.34. The molecule has 1 amide bonds. The predicted octanol–water partition coefficient (Wildman–Crippen LogP) is 3.98. The first kappa shape index (κ1) is 28.1. The van der Waals surface area contributed by atoms with Crippen molar-refractivity contribution < 1.29 is 22.7 Å². The number of carbonyl (C=O) groups is 1. The van der Waals surface area contributed by atoms with Crippen LogP contribution in [0.2, 0.25) is 5.02 Å². The van der Waals surface area contributed by atoms with Crippen LogP contribution in [0.5, 0.6) is 6.01 Å². The molecule has 0 unspecified atom stereocenters. The second kappa shape index (κ2) is 10.5. The van der Waals surface area contributed by atoms with Gasteiger partial charge in [-0.1, -0.05) is 23.7 Å². The van der Waals surface area contributed by atoms with Crippen molar-refractivity contribution in [2.45, 2.75) is 36.0 Å². The van der Waals surface area contributed by atoms with E-state index in [1.807, 2.05) is 24.3 Å². The maximum absolute atomic E-state index is 13.1. The van der Waals surface area contributed by atoms with Crippen LogP contribution < -0.4 is 15.0 Å². The summed E-state index contributed by atoms with van der Waals surface area (Å²) in [6, 6.07) is 14.4. The van der Waals surface area contributed by atoms with Crippen molar-refractivity contribution in [3.05, 3.63) is 64.7 Å². The van der Waals surface area contributed by atoms with E-state index in [-0.39, 0.29) is 23.7 Å². The number of halogens is 1. The lowest BCUT2D eigenvalue weighted by Gasteiger charge is -2.24. The molecule has 2 aromatic carbocycles. The highest BCUT2D eigenvalue weighted by Crippen LogP contribution is 2.48. The van der Waals surface area contributed by atoms with Gasteiger partial charge >= 0.3 is 6.01 Å². The topological polar surface area (TPSA) is 127 Å². The Morgan fingerprint density at radius 2 is 1.62 bits per heavy atom. The van der Waals surface area contributed by atoms with Crippen molar-refractivity contribution in [3.63, 3.8) is 0 Å². The van der Waals surface area contributed by atoms with Crippen LogP contribution in [0.15, 0.2) is 48.5 Å². The molecule has 13 heteroatoms. The third-order valence-electron chi connectivity index (χ3n) is 7.49. The average molecular weight is 587 g/mol. The minimum atomic E-state index is -3.86. The fourth-order valence-corrected chi connectivity index (χ4v) is 6.56. The summed E-state index contributed by atoms with van der Waals surface area (Å²) in [6.45, 7) is 0.0593. The van der Waals surface area contributed by atoms with Gasteiger partial charge in [0, 0.05) is 37.5 Å². The van der Waals surface area contributed by atoms with Crippen LogP contribution in [0, 0.1) is 0 Å². The van der Waals surface area contributed by atoms with E-state index in [1.54, 1.807) is 36.2 Å². The molecule has 2 fully saturated rings. The van der Waals surface area contributed by atoms with Gasteiger partial charge in [0.2, 0.25) is 21.9 Å². The second-order valence-corrected chi connectivity index (χ2v) is 13.0. The number of nitrogens with one attached hydrogen (secondary N) is 1. The van der Waals surface area contributed by atoms with E-state index < -0.39 is 20.7 Å². The highest BCUT2D eigenvalue weighted by molar-refractivity contribution is 7.91. The Morgan fingerprint density at radius 3 is 2.17 bits per heavy atom. The molecular weight excluding hydrogens is 556 g/mol. The number of nitrogens with zero attached hydrogens (tertiary/aromatic N) is 5. The number of anilines is 3. The molecule has 0 aliphatic heterocycles. The van der Waals surface area contributed by atoms with Crippen LogP contribution in [0.4, 0.5) is 17.6 Å². The lowest BCUT2D eigenvalue weighted by atomic mass is 10.1. The molecule has 2 aliphatic carbocycles. The first-order valence-electron chi connectivity index (χ1n) is 12.7. The lowest BCUT2D eigenvalue weighted by molar-refractivity contribution is 0.0879. The summed E-state index contributed by atoms with van der Waals surface area (Å²) in [7, 11) is 2.15. The molecule has 0 radical (unpaired) electrons. The Bertz CT molecular complexity index is 1510. The zero-order valence-corrected chi connectivity index (χ0v) is 24.3. The molecule has 5 rings (SSSR count). The van der Waals surface area contributed by atoms with Crippen molar-refractivity contribution >= 4 is 45.1 Å². The molecule has 212 valence electrons. The average Bonchev–Trinajstić information content (AvgIpc) is 3.90. The minimum Gasteiger partial charge on any atom is -0.467 e. The second-order valence-electron chi connectivity index (χ2n) is 10.2. The number of aromatic nitrogens is 3. The van der Waals surface area contributed by atoms with Crippen LogP contribution in [0.25, 0.3) is 0 Å². The third-order valence-corrected chi connectivity index (χ3v) is 10.3. The molecule has 1 aromatic heterocycles. The van der Waals surface area contributed by atoms with Gasteiger partial charge in [-0.3, -0.25) is 4.79 Å². The van der Waals surface area contributed by atoms with Crippen LogP contribution in [-0.4, -0.2) is 73.3 Å². The van der Waals surface area contributed by atoms with Crippen molar-refractivity contribution in [1.29, 1.82) is 0 Å². The monoisotopic (exact) mass is 586 g/mol. The van der Waals surface area contributed by atoms with E-state index in [2.05, 4.69) is 20.3 Å². The Morgan fingerprint density at radius 1 is 0.975 bits per heavy atom. The summed E-state index contributed by atoms with van der Waals surface area (Å²) in [5.74, 6) is 0.0851. The quantitative estimate of drug-likeness (QED) is 0.352. The van der Waals surface area contributed by atoms with Crippen LogP contribution in [-0.2, 0) is 20.3 Å². The van der Waals surface area contributed by atoms with Gasteiger partial charge < -0.3 is 19.7 Å². The van der Waals surface area contributed by atoms with Gasteiger partial charge in [-0.2, -0.15) is 15.0 Å². The molecule has 2 aliphatic rings. The summed E-state index contributed by atoms with van der Waals surface area (Å²) in [6.07, 6.45) is 2.77. The first-order chi connectivity index (χ1) is 19.0. The van der Waals surface area contributed by atoms with E-state index >= 15 is 0 Å². The van der Waals surface area contributed by atoms with Crippen LogP contribution in [0.3, 0.4) is 0 Å². The first-order valence-corrected chi connectivity index (χ1v) is 14.6. The smallest absolute Gasteiger partial charge is 0.322 e. The molecule has 0 atom stereocenters. The molecule has 0 spiro atoms. The van der Waals surface area contributed by atoms with Gasteiger partial charge in [-0.15, -0.1) is 0 Å². The zero-order valence-electron chi connectivity index (χ0n) is 22.7. The molecule has 3 aromatic rings. The predicted molar refractivity (Wildman–Crippen MR) is 152 cm³/mol. The van der Waals surface area contributed by atoms with Crippen molar-refractivity contribution in [3.8, 4) is 6.01 Å². The molecule has 11 nitrogen and oxygen atoms in total. The van der Waals surface area contributed by atoms with E-state index in [9.17, 15) is 13.2 Å². The van der Waals surface area contributed by atoms with E-state index in [0.717, 1.165) is 22.7 Å². The van der Waals surface area contributed by atoms with E-state index in [0.29, 0.717) is 35.4 Å². The number of benzene rings is 2. The van der Waals surface area contributed by atoms with Crippen LogP contribution in [0.1, 0.15) is 41.6 Å². The summed E-state index contributed by atoms with van der Waals surface area (Å²) in [5.41, 5.74) is 1.72. The number of amides is 1. The zero-order chi connectivity index (χ0) is 28.7. The van der Waals surface area contributed by atoms with E-state index in [4.69, 9.17) is 21.1 Å². The SMILES string of the molecule is COCC1(S(=O)(=O)N(C)C(=O)c2ccc(N(C)c3nc(NC4(c5ccc(Cl)cc5)CC4)nc(OC)n3)cc2)CC1. The van der Waals surface area contributed by atoms with Gasteiger partial charge in [0.15, 0.2) is 0 Å². The maximum Gasteiger partial charge on any atom is 0.322 e. The molecule has 2 saturated carbocycles. The fourth-order valence-electron chi connectivity index (χ4n) is 4.64. The largest absolute Gasteiger partial charge is 0.467 e. The number of carbonyl (C=O) groups excluding carboxylic acids is 1. The highest BCUT2D eigenvalue weighted by Gasteiger charge is 2.57. The number of sulfonamides is 1. The molecule has 0 saturated heterocycles. The van der Waals surface area contributed by atoms with Crippen molar-refractivity contribution in [2.75, 3.05) is 45.1 Å². The number of rotatable bonds is 11. The third kappa shape index (κ3) is 5.18. The Hall–Kier alpha value is -3.48. The number of methoxy groups -OCH3 is 2. The summed E-state index contributed by atoms with van der Waals surface area (Å²) in [5, 5.41) is 4.11. The molecule has 1 heterocycles. The molecule has 40 heavy (non-hydrogen) atoms. The molecular formula is C27H31ClN6O5S. The normalized spacial score (nSPS) is 16.6. The highest BCUT2D eigenvalue weighted by atomic mass is 35.5. The number of hydrogen-bond donors (Lipinski definition) is 1. The summed E-state index contributed by atoms with van der Waals surface area (Å²) >= 11 is 6.06. The Labute approximate surface area is 238 Å². The molecule has 0 bridgehead atoms. The Kier molecular flexibility index (Phi) is 7.36. The lowest BCUT2D eigenvalue weighted by Crippen LogP contribution is -2.43. The van der Waals surface area contributed by atoms with Crippen LogP contribution >= 0.6 is 11.6 Å². The van der Waals surface area contributed by atoms with Gasteiger partial charge in [-0.25, -0.2) is 12.7 Å². The van der Waals surface area contributed by atoms with E-state index in [1.165, 1.54) is 21.3 Å². The standard InChI is InChI=1S/C27H31ClN6O5S/c1-33(21-11-5-18(6-12-21)22(35)34(2)40(36,37)26(13-14-26)17-38-3)24-29-23(30-25(31-24)39-4)32-27(15-16-27)19-7-9-20(28)10-8-19/h5-12H,13-17H2,1-4H3,(H,29,30,31,32). The minimum absolute atomic E-state index is 0.0593. The summed E-state index contributed by atoms with van der Waals surface area (Å²) < 4.78 is 36.3. The van der Waals surface area contributed by atoms with Gasteiger partial charge in [0.25, 0.3) is 5.91 Å². The van der Waals surface area contributed by atoms with Crippen molar-refractivity contribution in [1.82, 2.24) is 19.3 Å². The fraction of sp³-hybridized carbons (Fsp3) is 0.407. The number of ether oxygens (including phenoxy) is 2. The molecule has 1 N–H and O–H groups in total.